The molecule has 0 spiro atoms. The molecular formula is C7H12Hg. The Morgan fingerprint density at radius 3 is 2.12 bits per heavy atom. The molecule has 0 nitrogen and oxygen atoms in total. The second kappa shape index (κ2) is 3.51. The predicted molar refractivity (Wildman–Crippen MR) is 33.1 cm³/mol. The van der Waals surface area contributed by atoms with Crippen LogP contribution in [0.3, 0.4) is 0 Å². The van der Waals surface area contributed by atoms with Gasteiger partial charge in [-0.15, -0.1) is 0 Å². The van der Waals surface area contributed by atoms with Crippen LogP contribution in [-0.4, -0.2) is 0 Å². The van der Waals surface area contributed by atoms with Gasteiger partial charge in [0, 0.05) is 0 Å². The van der Waals surface area contributed by atoms with Crippen LogP contribution in [0.1, 0.15) is 20.8 Å². The van der Waals surface area contributed by atoms with Gasteiger partial charge < -0.3 is 0 Å². The molecule has 0 bridgehead atoms. The van der Waals surface area contributed by atoms with Crippen molar-refractivity contribution in [2.45, 2.75) is 24.7 Å². The molecule has 0 atom stereocenters. The third-order valence-electron chi connectivity index (χ3n) is 1.02. The normalized spacial score (nSPS) is 9.75. The van der Waals surface area contributed by atoms with Crippen molar-refractivity contribution in [1.82, 2.24) is 0 Å². The summed E-state index contributed by atoms with van der Waals surface area (Å²) in [4.78, 5) is 0. The number of terminal acetylenes is 1. The Labute approximate surface area is 64.5 Å². The molecule has 0 aromatic carbocycles. The summed E-state index contributed by atoms with van der Waals surface area (Å²) in [5.41, 5.74) is 0.508. The maximum absolute atomic E-state index is 5.18. The van der Waals surface area contributed by atoms with Gasteiger partial charge in [-0.05, 0) is 0 Å². The molecule has 0 unspecified atom stereocenters. The summed E-state index contributed by atoms with van der Waals surface area (Å²) in [6.45, 7) is 6.76. The molecule has 0 aliphatic rings. The van der Waals surface area contributed by atoms with Crippen LogP contribution in [0.25, 0.3) is 0 Å². The van der Waals surface area contributed by atoms with Crippen molar-refractivity contribution in [3.8, 4) is 9.85 Å². The van der Waals surface area contributed by atoms with E-state index in [1.165, 1.54) is 3.93 Å². The van der Waals surface area contributed by atoms with E-state index in [9.17, 15) is 0 Å². The van der Waals surface area contributed by atoms with E-state index in [-0.39, 0.29) is 0 Å². The monoisotopic (exact) mass is 298 g/mol. The quantitative estimate of drug-likeness (QED) is 0.514. The molecule has 0 rings (SSSR count). The van der Waals surface area contributed by atoms with Crippen molar-refractivity contribution in [2.75, 3.05) is 0 Å². The molecule has 42 valence electrons. The van der Waals surface area contributed by atoms with Crippen molar-refractivity contribution in [1.29, 1.82) is 0 Å². The van der Waals surface area contributed by atoms with Gasteiger partial charge in [0.05, 0.1) is 0 Å². The molecule has 0 fully saturated rings. The van der Waals surface area contributed by atoms with Crippen LogP contribution in [0.2, 0.25) is 3.93 Å². The molecule has 0 amide bonds. The Hall–Kier alpha value is 0.495. The first-order chi connectivity index (χ1) is 3.56. The van der Waals surface area contributed by atoms with E-state index in [2.05, 4.69) is 24.2 Å². The Kier molecular flexibility index (Phi) is 3.72. The van der Waals surface area contributed by atoms with Crippen molar-refractivity contribution < 1.29 is 24.6 Å². The summed E-state index contributed by atoms with van der Waals surface area (Å²) in [6, 6.07) is 0. The molecule has 0 aromatic heterocycles. The summed E-state index contributed by atoms with van der Waals surface area (Å²) in [5.74, 6) is 0. The molecule has 0 heterocycles. The average molecular weight is 297 g/mol. The third-order valence-corrected chi connectivity index (χ3v) is 8.94. The van der Waals surface area contributed by atoms with Crippen LogP contribution in [0, 0.1) is 15.3 Å². The van der Waals surface area contributed by atoms with Gasteiger partial charge in [-0.2, -0.15) is 0 Å². The fourth-order valence-electron chi connectivity index (χ4n) is 0.447. The molecule has 1 heteroatoms. The van der Waals surface area contributed by atoms with Crippen LogP contribution < -0.4 is 0 Å². The zero-order valence-corrected chi connectivity index (χ0v) is 11.5. The molecule has 0 radical (unpaired) electrons. The van der Waals surface area contributed by atoms with E-state index in [1.807, 2.05) is 0 Å². The summed E-state index contributed by atoms with van der Waals surface area (Å²) < 4.78 is 4.20. The Morgan fingerprint density at radius 1 is 1.50 bits per heavy atom. The fourth-order valence-corrected chi connectivity index (χ4v) is 3.92. The first kappa shape index (κ1) is 8.50. The van der Waals surface area contributed by atoms with E-state index in [0.29, 0.717) is 5.41 Å². The zero-order valence-electron chi connectivity index (χ0n) is 5.99. The zero-order chi connectivity index (χ0) is 6.62. The molecule has 0 aliphatic carbocycles. The Balaban J connectivity index is 3.28. The first-order valence-electron chi connectivity index (χ1n) is 3.00. The van der Waals surface area contributed by atoms with E-state index in [0.717, 1.165) is 0 Å². The van der Waals surface area contributed by atoms with Gasteiger partial charge in [0.25, 0.3) is 0 Å². The Morgan fingerprint density at radius 2 is 2.00 bits per heavy atom. The van der Waals surface area contributed by atoms with Gasteiger partial charge in [-0.1, -0.05) is 0 Å². The van der Waals surface area contributed by atoms with Crippen molar-refractivity contribution in [2.24, 2.45) is 5.41 Å². The summed E-state index contributed by atoms with van der Waals surface area (Å²) in [7, 11) is 0. The van der Waals surface area contributed by atoms with Crippen molar-refractivity contribution >= 4 is 0 Å². The maximum atomic E-state index is 5.18. The molecule has 8 heavy (non-hydrogen) atoms. The summed E-state index contributed by atoms with van der Waals surface area (Å²) in [6.07, 6.45) is 5.18. The minimum atomic E-state index is -0.791. The Bertz CT molecular complexity index is 91.9. The molecule has 0 saturated heterocycles. The van der Waals surface area contributed by atoms with E-state index >= 15 is 0 Å². The van der Waals surface area contributed by atoms with Gasteiger partial charge in [0.2, 0.25) is 0 Å². The molecular weight excluding hydrogens is 285 g/mol. The van der Waals surface area contributed by atoms with Crippen LogP contribution in [-0.2, 0) is 24.6 Å². The average Bonchev–Trinajstić information content (AvgIpc) is 1.59. The predicted octanol–water partition coefficient (Wildman–Crippen LogP) is 2.12. The molecule has 0 aromatic rings. The van der Waals surface area contributed by atoms with E-state index in [1.54, 1.807) is 0 Å². The minimum absolute atomic E-state index is 0.508. The molecule has 0 N–H and O–H groups in total. The first-order valence-corrected chi connectivity index (χ1v) is 9.63. The van der Waals surface area contributed by atoms with Crippen molar-refractivity contribution in [3.63, 3.8) is 0 Å². The SMILES string of the molecule is C#[C][Hg][CH2]C(C)(C)C. The van der Waals surface area contributed by atoms with Crippen LogP contribution >= 0.6 is 0 Å². The van der Waals surface area contributed by atoms with Gasteiger partial charge in [-0.25, -0.2) is 0 Å². The third kappa shape index (κ3) is 6.50. The second-order valence-electron chi connectivity index (χ2n) is 3.26. The number of hydrogen-bond donors (Lipinski definition) is 0. The van der Waals surface area contributed by atoms with Crippen LogP contribution in [0.15, 0.2) is 0 Å². The summed E-state index contributed by atoms with van der Waals surface area (Å²) >= 11 is -0.791. The fraction of sp³-hybridized carbons (Fsp3) is 0.714. The van der Waals surface area contributed by atoms with Gasteiger partial charge in [0.15, 0.2) is 0 Å². The summed E-state index contributed by atoms with van der Waals surface area (Å²) in [5, 5.41) is 0. The topological polar surface area (TPSA) is 0 Å². The number of hydrogen-bond acceptors (Lipinski definition) is 0. The van der Waals surface area contributed by atoms with Crippen LogP contribution in [0.4, 0.5) is 0 Å². The van der Waals surface area contributed by atoms with Crippen molar-refractivity contribution in [3.05, 3.63) is 0 Å². The molecule has 0 saturated carbocycles. The van der Waals surface area contributed by atoms with E-state index in [4.69, 9.17) is 6.42 Å². The standard InChI is InChI=1S/C5H11.C2H.Hg/c1-5(2,3)4;1-2;/h1H2,2-4H3;1H;. The van der Waals surface area contributed by atoms with Gasteiger partial charge >= 0.3 is 64.5 Å². The van der Waals surface area contributed by atoms with E-state index < -0.39 is 24.6 Å². The molecule has 0 aliphatic heterocycles. The second-order valence-corrected chi connectivity index (χ2v) is 8.74. The van der Waals surface area contributed by atoms with Gasteiger partial charge in [0.1, 0.15) is 0 Å². The van der Waals surface area contributed by atoms with Crippen LogP contribution in [0.5, 0.6) is 0 Å². The number of rotatable bonds is 1. The van der Waals surface area contributed by atoms with Gasteiger partial charge in [-0.3, -0.25) is 0 Å².